The Bertz CT molecular complexity index is 822. The highest BCUT2D eigenvalue weighted by molar-refractivity contribution is 5.78. The van der Waals surface area contributed by atoms with E-state index in [0.29, 0.717) is 12.1 Å². The smallest absolute Gasteiger partial charge is 0.274 e. The van der Waals surface area contributed by atoms with Crippen LogP contribution in [0.2, 0.25) is 0 Å². The van der Waals surface area contributed by atoms with Crippen LogP contribution < -0.4 is 10.9 Å². The van der Waals surface area contributed by atoms with Gasteiger partial charge in [0.15, 0.2) is 0 Å². The van der Waals surface area contributed by atoms with Gasteiger partial charge in [0.05, 0.1) is 18.7 Å². The molecule has 0 bridgehead atoms. The summed E-state index contributed by atoms with van der Waals surface area (Å²) in [5.41, 5.74) is 1.16. The van der Waals surface area contributed by atoms with Crippen LogP contribution in [-0.2, 0) is 17.8 Å². The summed E-state index contributed by atoms with van der Waals surface area (Å²) in [7, 11) is 0. The molecule has 106 valence electrons. The third-order valence-corrected chi connectivity index (χ3v) is 3.00. The SMILES string of the molecule is O=C(Cc1ccccc1)NCc1cc(=O)n2[nH]cnc2n1. The third kappa shape index (κ3) is 2.97. The topological polar surface area (TPSA) is 92.2 Å². The van der Waals surface area contributed by atoms with Crippen LogP contribution >= 0.6 is 0 Å². The van der Waals surface area contributed by atoms with Gasteiger partial charge in [-0.2, -0.15) is 4.52 Å². The number of benzene rings is 1. The molecular formula is C14H13N5O2. The van der Waals surface area contributed by atoms with E-state index in [2.05, 4.69) is 20.4 Å². The van der Waals surface area contributed by atoms with Gasteiger partial charge in [-0.3, -0.25) is 14.7 Å². The van der Waals surface area contributed by atoms with Gasteiger partial charge >= 0.3 is 0 Å². The lowest BCUT2D eigenvalue weighted by Crippen LogP contribution is -2.26. The molecule has 2 aromatic heterocycles. The number of H-pyrrole nitrogens is 1. The molecule has 0 aliphatic rings. The number of amides is 1. The number of aromatic amines is 1. The van der Waals surface area contributed by atoms with Crippen molar-refractivity contribution in [2.24, 2.45) is 0 Å². The minimum Gasteiger partial charge on any atom is -0.350 e. The summed E-state index contributed by atoms with van der Waals surface area (Å²) in [5.74, 6) is 0.167. The van der Waals surface area contributed by atoms with E-state index in [0.717, 1.165) is 5.56 Å². The lowest BCUT2D eigenvalue weighted by molar-refractivity contribution is -0.120. The van der Waals surface area contributed by atoms with E-state index in [1.807, 2.05) is 30.3 Å². The van der Waals surface area contributed by atoms with Gasteiger partial charge in [0, 0.05) is 6.07 Å². The Balaban J connectivity index is 1.66. The highest BCUT2D eigenvalue weighted by atomic mass is 16.1. The van der Waals surface area contributed by atoms with E-state index in [1.54, 1.807) is 0 Å². The number of hydrogen-bond donors (Lipinski definition) is 2. The minimum atomic E-state index is -0.259. The first-order chi connectivity index (χ1) is 10.2. The molecule has 7 heteroatoms. The molecule has 0 spiro atoms. The minimum absolute atomic E-state index is 0.120. The molecule has 0 unspecified atom stereocenters. The molecule has 1 amide bonds. The molecule has 0 aliphatic heterocycles. The number of aromatic nitrogens is 4. The van der Waals surface area contributed by atoms with Crippen molar-refractivity contribution in [3.05, 3.63) is 64.3 Å². The summed E-state index contributed by atoms with van der Waals surface area (Å²) >= 11 is 0. The lowest BCUT2D eigenvalue weighted by Gasteiger charge is -2.05. The number of nitrogens with one attached hydrogen (secondary N) is 2. The summed E-state index contributed by atoms with van der Waals surface area (Å²) in [5, 5.41) is 5.40. The number of carbonyl (C=O) groups excluding carboxylic acids is 1. The summed E-state index contributed by atoms with van der Waals surface area (Å²) in [6.07, 6.45) is 1.69. The van der Waals surface area contributed by atoms with Crippen molar-refractivity contribution < 1.29 is 4.79 Å². The first-order valence-electron chi connectivity index (χ1n) is 6.45. The maximum absolute atomic E-state index is 11.8. The molecule has 3 rings (SSSR count). The molecular weight excluding hydrogens is 270 g/mol. The molecule has 3 aromatic rings. The second-order valence-electron chi connectivity index (χ2n) is 4.55. The molecule has 7 nitrogen and oxygen atoms in total. The quantitative estimate of drug-likeness (QED) is 0.719. The second-order valence-corrected chi connectivity index (χ2v) is 4.55. The summed E-state index contributed by atoms with van der Waals surface area (Å²) in [4.78, 5) is 31.7. The second kappa shape index (κ2) is 5.58. The molecule has 1 aromatic carbocycles. The van der Waals surface area contributed by atoms with Crippen LogP contribution in [0.3, 0.4) is 0 Å². The van der Waals surface area contributed by atoms with Gasteiger partial charge in [0.1, 0.15) is 6.33 Å². The molecule has 21 heavy (non-hydrogen) atoms. The molecule has 0 atom stereocenters. The van der Waals surface area contributed by atoms with Crippen molar-refractivity contribution in [1.82, 2.24) is 24.9 Å². The van der Waals surface area contributed by atoms with Crippen LogP contribution in [-0.4, -0.2) is 25.5 Å². The van der Waals surface area contributed by atoms with Crippen molar-refractivity contribution >= 4 is 11.7 Å². The first kappa shape index (κ1) is 13.0. The van der Waals surface area contributed by atoms with Crippen LogP contribution in [0.1, 0.15) is 11.3 Å². The molecule has 0 saturated carbocycles. The molecule has 0 fully saturated rings. The first-order valence-corrected chi connectivity index (χ1v) is 6.45. The fourth-order valence-corrected chi connectivity index (χ4v) is 1.99. The zero-order chi connectivity index (χ0) is 14.7. The van der Waals surface area contributed by atoms with Crippen molar-refractivity contribution in [3.63, 3.8) is 0 Å². The Labute approximate surface area is 119 Å². The van der Waals surface area contributed by atoms with Gasteiger partial charge in [-0.15, -0.1) is 0 Å². The van der Waals surface area contributed by atoms with Crippen molar-refractivity contribution in [1.29, 1.82) is 0 Å². The number of rotatable bonds is 4. The lowest BCUT2D eigenvalue weighted by atomic mass is 10.1. The fourth-order valence-electron chi connectivity index (χ4n) is 1.99. The summed E-state index contributed by atoms with van der Waals surface area (Å²) in [6, 6.07) is 10.8. The molecule has 2 heterocycles. The predicted octanol–water partition coefficient (Wildman–Crippen LogP) is 0.276. The highest BCUT2D eigenvalue weighted by Crippen LogP contribution is 2.00. The van der Waals surface area contributed by atoms with Crippen LogP contribution in [0.4, 0.5) is 0 Å². The normalized spacial score (nSPS) is 10.7. The number of nitrogens with zero attached hydrogens (tertiary/aromatic N) is 3. The Morgan fingerprint density at radius 3 is 2.90 bits per heavy atom. The number of hydrogen-bond acceptors (Lipinski definition) is 4. The van der Waals surface area contributed by atoms with E-state index in [-0.39, 0.29) is 23.8 Å². The van der Waals surface area contributed by atoms with Crippen molar-refractivity contribution in [2.75, 3.05) is 0 Å². The third-order valence-electron chi connectivity index (χ3n) is 3.00. The number of carbonyl (C=O) groups is 1. The zero-order valence-corrected chi connectivity index (χ0v) is 11.1. The Morgan fingerprint density at radius 2 is 2.10 bits per heavy atom. The van der Waals surface area contributed by atoms with Crippen LogP contribution in [0.5, 0.6) is 0 Å². The van der Waals surface area contributed by atoms with Gasteiger partial charge in [-0.25, -0.2) is 9.97 Å². The highest BCUT2D eigenvalue weighted by Gasteiger charge is 2.06. The maximum Gasteiger partial charge on any atom is 0.274 e. The van der Waals surface area contributed by atoms with Gasteiger partial charge in [0.25, 0.3) is 11.3 Å². The molecule has 0 radical (unpaired) electrons. The van der Waals surface area contributed by atoms with Crippen LogP contribution in [0, 0.1) is 0 Å². The van der Waals surface area contributed by atoms with Gasteiger partial charge in [-0.1, -0.05) is 30.3 Å². The monoisotopic (exact) mass is 283 g/mol. The largest absolute Gasteiger partial charge is 0.350 e. The molecule has 0 aliphatic carbocycles. The van der Waals surface area contributed by atoms with E-state index >= 15 is 0 Å². The predicted molar refractivity (Wildman–Crippen MR) is 75.6 cm³/mol. The average molecular weight is 283 g/mol. The standard InChI is InChI=1S/C14H13N5O2/c20-12(6-10-4-2-1-3-5-10)15-8-11-7-13(21)19-14(18-11)16-9-17-19/h1-5,7,9H,6,8H2,(H,15,20)(H,16,17,18). The van der Waals surface area contributed by atoms with Crippen LogP contribution in [0.15, 0.2) is 47.5 Å². The average Bonchev–Trinajstić information content (AvgIpc) is 2.95. The Hall–Kier alpha value is -2.96. The van der Waals surface area contributed by atoms with Crippen molar-refractivity contribution in [3.8, 4) is 0 Å². The van der Waals surface area contributed by atoms with Crippen molar-refractivity contribution in [2.45, 2.75) is 13.0 Å². The molecule has 2 N–H and O–H groups in total. The fraction of sp³-hybridized carbons (Fsp3) is 0.143. The van der Waals surface area contributed by atoms with Gasteiger partial charge < -0.3 is 5.32 Å². The summed E-state index contributed by atoms with van der Waals surface area (Å²) in [6.45, 7) is 0.199. The summed E-state index contributed by atoms with van der Waals surface area (Å²) < 4.78 is 1.23. The zero-order valence-electron chi connectivity index (χ0n) is 11.1. The Morgan fingerprint density at radius 1 is 1.29 bits per heavy atom. The number of fused-ring (bicyclic) bond motifs is 1. The molecule has 0 saturated heterocycles. The van der Waals surface area contributed by atoms with Gasteiger partial charge in [0.2, 0.25) is 5.91 Å². The Kier molecular flexibility index (Phi) is 3.46. The van der Waals surface area contributed by atoms with Crippen LogP contribution in [0.25, 0.3) is 5.78 Å². The van der Waals surface area contributed by atoms with E-state index in [9.17, 15) is 9.59 Å². The maximum atomic E-state index is 11.8. The van der Waals surface area contributed by atoms with E-state index in [4.69, 9.17) is 0 Å². The van der Waals surface area contributed by atoms with E-state index < -0.39 is 0 Å². The van der Waals surface area contributed by atoms with E-state index in [1.165, 1.54) is 16.9 Å². The van der Waals surface area contributed by atoms with Gasteiger partial charge in [-0.05, 0) is 5.56 Å².